The van der Waals surface area contributed by atoms with E-state index in [1.807, 2.05) is 0 Å². The average Bonchev–Trinajstić information content (AvgIpc) is 2.94. The number of hydrogen-bond acceptors (Lipinski definition) is 5. The van der Waals surface area contributed by atoms with Crippen molar-refractivity contribution in [3.05, 3.63) is 75.8 Å². The van der Waals surface area contributed by atoms with E-state index in [0.29, 0.717) is 10.5 Å². The summed E-state index contributed by atoms with van der Waals surface area (Å²) in [6, 6.07) is 10.4. The molecule has 1 heterocycles. The molecule has 2 aromatic carbocycles. The number of halogens is 3. The standard InChI is InChI=1S/C18H13F3N4O5/c19-18(20,21)17(22-14(26)12-7-4-8-13(9-12)25(29)30)15(27)24(16(28)23-17)10-11-5-2-1-3-6-11/h1-9H,10H2,(H,22,26)(H,23,28). The number of amides is 4. The molecule has 12 heteroatoms. The lowest BCUT2D eigenvalue weighted by Gasteiger charge is -2.29. The van der Waals surface area contributed by atoms with E-state index >= 15 is 0 Å². The molecule has 0 radical (unpaired) electrons. The molecule has 0 bridgehead atoms. The van der Waals surface area contributed by atoms with Gasteiger partial charge in [0, 0.05) is 17.7 Å². The van der Waals surface area contributed by atoms with E-state index in [4.69, 9.17) is 0 Å². The maximum atomic E-state index is 13.9. The molecule has 2 N–H and O–H groups in total. The first-order valence-electron chi connectivity index (χ1n) is 8.37. The number of benzene rings is 2. The van der Waals surface area contributed by atoms with Crippen LogP contribution in [0.25, 0.3) is 0 Å². The van der Waals surface area contributed by atoms with E-state index in [-0.39, 0.29) is 0 Å². The van der Waals surface area contributed by atoms with Crippen LogP contribution in [0.2, 0.25) is 0 Å². The molecular formula is C18H13F3N4O5. The van der Waals surface area contributed by atoms with Gasteiger partial charge in [-0.15, -0.1) is 0 Å². The van der Waals surface area contributed by atoms with Crippen molar-refractivity contribution in [2.24, 2.45) is 0 Å². The monoisotopic (exact) mass is 422 g/mol. The van der Waals surface area contributed by atoms with Crippen molar-refractivity contribution in [3.8, 4) is 0 Å². The van der Waals surface area contributed by atoms with Crippen LogP contribution in [0, 0.1) is 10.1 Å². The summed E-state index contributed by atoms with van der Waals surface area (Å²) in [6.07, 6.45) is -5.39. The van der Waals surface area contributed by atoms with Crippen LogP contribution in [0.3, 0.4) is 0 Å². The van der Waals surface area contributed by atoms with E-state index in [9.17, 15) is 37.7 Å². The van der Waals surface area contributed by atoms with Crippen molar-refractivity contribution in [2.75, 3.05) is 0 Å². The van der Waals surface area contributed by atoms with Gasteiger partial charge in [-0.1, -0.05) is 36.4 Å². The summed E-state index contributed by atoms with van der Waals surface area (Å²) in [4.78, 5) is 47.5. The Labute approximate surface area is 166 Å². The van der Waals surface area contributed by atoms with Gasteiger partial charge in [0.2, 0.25) is 0 Å². The van der Waals surface area contributed by atoms with Crippen LogP contribution in [-0.4, -0.2) is 39.5 Å². The number of nitrogens with zero attached hydrogens (tertiary/aromatic N) is 2. The van der Waals surface area contributed by atoms with Crippen LogP contribution in [0.1, 0.15) is 15.9 Å². The summed E-state index contributed by atoms with van der Waals surface area (Å²) in [5.41, 5.74) is -4.34. The maximum absolute atomic E-state index is 13.9. The van der Waals surface area contributed by atoms with Crippen molar-refractivity contribution in [1.82, 2.24) is 15.5 Å². The molecule has 1 unspecified atom stereocenters. The van der Waals surface area contributed by atoms with E-state index in [2.05, 4.69) is 0 Å². The first-order valence-corrected chi connectivity index (χ1v) is 8.37. The molecule has 9 nitrogen and oxygen atoms in total. The van der Waals surface area contributed by atoms with E-state index in [1.54, 1.807) is 18.2 Å². The lowest BCUT2D eigenvalue weighted by atomic mass is 10.1. The second kappa shape index (κ2) is 7.46. The normalized spacial score (nSPS) is 18.8. The van der Waals surface area contributed by atoms with Crippen LogP contribution in [-0.2, 0) is 11.3 Å². The highest BCUT2D eigenvalue weighted by molar-refractivity contribution is 6.10. The third-order valence-electron chi connectivity index (χ3n) is 4.33. The zero-order valence-electron chi connectivity index (χ0n) is 15.0. The average molecular weight is 422 g/mol. The van der Waals surface area contributed by atoms with Gasteiger partial charge >= 0.3 is 12.2 Å². The summed E-state index contributed by atoms with van der Waals surface area (Å²) in [6.45, 7) is -0.448. The fraction of sp³-hybridized carbons (Fsp3) is 0.167. The zero-order chi connectivity index (χ0) is 22.1. The van der Waals surface area contributed by atoms with Crippen molar-refractivity contribution in [1.29, 1.82) is 0 Å². The molecule has 1 fully saturated rings. The second-order valence-electron chi connectivity index (χ2n) is 6.32. The van der Waals surface area contributed by atoms with Gasteiger partial charge in [-0.05, 0) is 11.6 Å². The Balaban J connectivity index is 1.93. The van der Waals surface area contributed by atoms with Crippen LogP contribution < -0.4 is 10.6 Å². The fourth-order valence-corrected chi connectivity index (χ4v) is 2.84. The summed E-state index contributed by atoms with van der Waals surface area (Å²) < 4.78 is 41.6. The van der Waals surface area contributed by atoms with Crippen LogP contribution in [0.4, 0.5) is 23.7 Å². The molecule has 3 rings (SSSR count). The highest BCUT2D eigenvalue weighted by atomic mass is 19.4. The molecule has 1 saturated heterocycles. The number of carbonyl (C=O) groups excluding carboxylic acids is 3. The largest absolute Gasteiger partial charge is 0.440 e. The number of rotatable bonds is 5. The summed E-state index contributed by atoms with van der Waals surface area (Å²) >= 11 is 0. The van der Waals surface area contributed by atoms with Crippen molar-refractivity contribution < 1.29 is 32.5 Å². The molecule has 1 aliphatic rings. The van der Waals surface area contributed by atoms with Crippen molar-refractivity contribution in [2.45, 2.75) is 18.4 Å². The minimum Gasteiger partial charge on any atom is -0.314 e. The molecule has 30 heavy (non-hydrogen) atoms. The van der Waals surface area contributed by atoms with Gasteiger partial charge < -0.3 is 5.32 Å². The van der Waals surface area contributed by atoms with Gasteiger partial charge in [-0.25, -0.2) is 4.79 Å². The van der Waals surface area contributed by atoms with Crippen molar-refractivity contribution in [3.63, 3.8) is 0 Å². The molecule has 0 spiro atoms. The van der Waals surface area contributed by atoms with Crippen LogP contribution >= 0.6 is 0 Å². The number of carbonyl (C=O) groups is 3. The van der Waals surface area contributed by atoms with Gasteiger partial charge in [0.1, 0.15) is 0 Å². The van der Waals surface area contributed by atoms with E-state index in [1.165, 1.54) is 22.8 Å². The zero-order valence-corrected chi connectivity index (χ0v) is 15.0. The maximum Gasteiger partial charge on any atom is 0.440 e. The minimum absolute atomic E-state index is 0.330. The first kappa shape index (κ1) is 20.8. The molecule has 2 aromatic rings. The summed E-state index contributed by atoms with van der Waals surface area (Å²) in [5.74, 6) is -3.14. The number of non-ortho nitro benzene ring substituents is 1. The summed E-state index contributed by atoms with van der Waals surface area (Å²) in [5, 5.41) is 13.8. The highest BCUT2D eigenvalue weighted by Crippen LogP contribution is 2.34. The highest BCUT2D eigenvalue weighted by Gasteiger charge is 2.68. The first-order chi connectivity index (χ1) is 14.0. The molecule has 0 saturated carbocycles. The second-order valence-corrected chi connectivity index (χ2v) is 6.32. The van der Waals surface area contributed by atoms with Gasteiger partial charge in [-0.2, -0.15) is 13.2 Å². The molecule has 0 aliphatic carbocycles. The molecular weight excluding hydrogens is 409 g/mol. The Morgan fingerprint density at radius 1 is 1.13 bits per heavy atom. The number of nitro benzene ring substituents is 1. The number of hydrogen-bond donors (Lipinski definition) is 2. The number of alkyl halides is 3. The predicted octanol–water partition coefficient (Wildman–Crippen LogP) is 2.34. The van der Waals surface area contributed by atoms with E-state index < -0.39 is 52.4 Å². The summed E-state index contributed by atoms with van der Waals surface area (Å²) in [7, 11) is 0. The Bertz CT molecular complexity index is 1030. The lowest BCUT2D eigenvalue weighted by molar-refractivity contribution is -0.384. The molecule has 4 amide bonds. The van der Waals surface area contributed by atoms with Gasteiger partial charge in [0.05, 0.1) is 11.5 Å². The SMILES string of the molecule is O=C(NC1(C(F)(F)F)NC(=O)N(Cc2ccccc2)C1=O)c1cccc([N+](=O)[O-])c1. The molecule has 1 aliphatic heterocycles. The molecule has 1 atom stereocenters. The molecule has 0 aromatic heterocycles. The topological polar surface area (TPSA) is 122 Å². The minimum atomic E-state index is -5.39. The third-order valence-corrected chi connectivity index (χ3v) is 4.33. The third kappa shape index (κ3) is 3.66. The van der Waals surface area contributed by atoms with Gasteiger partial charge in [0.15, 0.2) is 0 Å². The van der Waals surface area contributed by atoms with Gasteiger partial charge in [-0.3, -0.25) is 29.9 Å². The van der Waals surface area contributed by atoms with Gasteiger partial charge in [0.25, 0.3) is 23.2 Å². The smallest absolute Gasteiger partial charge is 0.314 e. The Morgan fingerprint density at radius 3 is 2.40 bits per heavy atom. The van der Waals surface area contributed by atoms with Crippen LogP contribution in [0.15, 0.2) is 54.6 Å². The Morgan fingerprint density at radius 2 is 1.80 bits per heavy atom. The van der Waals surface area contributed by atoms with E-state index in [0.717, 1.165) is 24.3 Å². The van der Waals surface area contributed by atoms with Crippen LogP contribution in [0.5, 0.6) is 0 Å². The number of nitro groups is 1. The quantitative estimate of drug-likeness (QED) is 0.435. The number of imide groups is 1. The lowest BCUT2D eigenvalue weighted by Crippen LogP contribution is -2.69. The Hall–Kier alpha value is -3.96. The number of urea groups is 1. The van der Waals surface area contributed by atoms with Crippen molar-refractivity contribution >= 4 is 23.5 Å². The number of nitrogens with one attached hydrogen (secondary N) is 2. The predicted molar refractivity (Wildman–Crippen MR) is 94.9 cm³/mol. The molecule has 156 valence electrons. The fourth-order valence-electron chi connectivity index (χ4n) is 2.84. The Kier molecular flexibility index (Phi) is 5.16.